The predicted octanol–water partition coefficient (Wildman–Crippen LogP) is 3.21. The van der Waals surface area contributed by atoms with E-state index in [0.29, 0.717) is 18.9 Å². The Morgan fingerprint density at radius 2 is 2.00 bits per heavy atom. The molecule has 2 heteroatoms. The minimum atomic E-state index is 0.0442. The summed E-state index contributed by atoms with van der Waals surface area (Å²) >= 11 is 0. The highest BCUT2D eigenvalue weighted by Crippen LogP contribution is 2.16. The molecule has 0 amide bonds. The second kappa shape index (κ2) is 7.18. The van der Waals surface area contributed by atoms with Gasteiger partial charge in [0.05, 0.1) is 12.7 Å². The van der Waals surface area contributed by atoms with Crippen LogP contribution in [-0.4, -0.2) is 12.4 Å². The van der Waals surface area contributed by atoms with Crippen LogP contribution in [0.5, 0.6) is 0 Å². The fourth-order valence-corrected chi connectivity index (χ4v) is 1.60. The number of rotatable bonds is 7. The van der Waals surface area contributed by atoms with Gasteiger partial charge >= 0.3 is 0 Å². The Balaban J connectivity index is 2.46. The quantitative estimate of drug-likeness (QED) is 0.659. The third-order valence-corrected chi connectivity index (χ3v) is 2.91. The van der Waals surface area contributed by atoms with Gasteiger partial charge in [-0.25, -0.2) is 0 Å². The highest BCUT2D eigenvalue weighted by Gasteiger charge is 2.15. The van der Waals surface area contributed by atoms with Crippen LogP contribution in [0.2, 0.25) is 0 Å². The molecule has 0 aliphatic rings. The fraction of sp³-hybridized carbons (Fsp3) is 0.500. The van der Waals surface area contributed by atoms with Crippen molar-refractivity contribution in [3.8, 4) is 0 Å². The van der Waals surface area contributed by atoms with E-state index >= 15 is 0 Å². The van der Waals surface area contributed by atoms with Crippen molar-refractivity contribution in [3.05, 3.63) is 35.9 Å². The molecule has 1 aromatic rings. The SMILES string of the molecule is CCC(C)C(CC=O)OCc1ccccc1. The van der Waals surface area contributed by atoms with Crippen molar-refractivity contribution in [1.82, 2.24) is 0 Å². The molecule has 0 aliphatic carbocycles. The predicted molar refractivity (Wildman–Crippen MR) is 65.2 cm³/mol. The second-order valence-electron chi connectivity index (χ2n) is 4.12. The molecule has 0 spiro atoms. The number of carbonyl (C=O) groups excluding carboxylic acids is 1. The maximum absolute atomic E-state index is 10.6. The smallest absolute Gasteiger partial charge is 0.122 e. The zero-order chi connectivity index (χ0) is 11.8. The van der Waals surface area contributed by atoms with Crippen LogP contribution >= 0.6 is 0 Å². The van der Waals surface area contributed by atoms with E-state index < -0.39 is 0 Å². The molecular weight excluding hydrogens is 200 g/mol. The van der Waals surface area contributed by atoms with Gasteiger partial charge in [0.1, 0.15) is 6.29 Å². The molecule has 0 heterocycles. The minimum Gasteiger partial charge on any atom is -0.373 e. The molecule has 88 valence electrons. The van der Waals surface area contributed by atoms with Gasteiger partial charge in [0.2, 0.25) is 0 Å². The van der Waals surface area contributed by atoms with Gasteiger partial charge in [0, 0.05) is 6.42 Å². The van der Waals surface area contributed by atoms with Gasteiger partial charge in [-0.05, 0) is 11.5 Å². The Morgan fingerprint density at radius 3 is 2.56 bits per heavy atom. The summed E-state index contributed by atoms with van der Waals surface area (Å²) < 4.78 is 5.79. The Hall–Kier alpha value is -1.15. The lowest BCUT2D eigenvalue weighted by Gasteiger charge is -2.21. The first-order valence-corrected chi connectivity index (χ1v) is 5.87. The van der Waals surface area contributed by atoms with E-state index in [1.807, 2.05) is 30.3 Å². The second-order valence-corrected chi connectivity index (χ2v) is 4.12. The highest BCUT2D eigenvalue weighted by molar-refractivity contribution is 5.50. The lowest BCUT2D eigenvalue weighted by atomic mass is 9.99. The molecule has 0 saturated carbocycles. The van der Waals surface area contributed by atoms with Gasteiger partial charge in [-0.15, -0.1) is 0 Å². The maximum Gasteiger partial charge on any atom is 0.122 e. The molecule has 0 bridgehead atoms. The maximum atomic E-state index is 10.6. The fourth-order valence-electron chi connectivity index (χ4n) is 1.60. The van der Waals surface area contributed by atoms with Gasteiger partial charge in [-0.1, -0.05) is 50.6 Å². The molecule has 2 atom stereocenters. The summed E-state index contributed by atoms with van der Waals surface area (Å²) in [5.74, 6) is 0.425. The molecule has 2 nitrogen and oxygen atoms in total. The molecule has 0 saturated heterocycles. The van der Waals surface area contributed by atoms with Crippen molar-refractivity contribution < 1.29 is 9.53 Å². The molecular formula is C14H20O2. The van der Waals surface area contributed by atoms with Crippen molar-refractivity contribution in [2.75, 3.05) is 0 Å². The number of hydrogen-bond acceptors (Lipinski definition) is 2. The Bertz CT molecular complexity index is 295. The summed E-state index contributed by atoms with van der Waals surface area (Å²) in [6.45, 7) is 4.83. The van der Waals surface area contributed by atoms with Crippen molar-refractivity contribution in [2.45, 2.75) is 39.4 Å². The third kappa shape index (κ3) is 4.15. The topological polar surface area (TPSA) is 26.3 Å². The first-order chi connectivity index (χ1) is 7.77. The minimum absolute atomic E-state index is 0.0442. The largest absolute Gasteiger partial charge is 0.373 e. The molecule has 0 radical (unpaired) electrons. The highest BCUT2D eigenvalue weighted by atomic mass is 16.5. The van der Waals surface area contributed by atoms with Crippen molar-refractivity contribution in [1.29, 1.82) is 0 Å². The van der Waals surface area contributed by atoms with Crippen LogP contribution in [-0.2, 0) is 16.1 Å². The van der Waals surface area contributed by atoms with Gasteiger partial charge < -0.3 is 9.53 Å². The monoisotopic (exact) mass is 220 g/mol. The van der Waals surface area contributed by atoms with Crippen LogP contribution in [0.25, 0.3) is 0 Å². The third-order valence-electron chi connectivity index (χ3n) is 2.91. The Kier molecular flexibility index (Phi) is 5.79. The van der Waals surface area contributed by atoms with E-state index in [2.05, 4.69) is 13.8 Å². The Morgan fingerprint density at radius 1 is 1.31 bits per heavy atom. The van der Waals surface area contributed by atoms with Crippen LogP contribution in [0.3, 0.4) is 0 Å². The summed E-state index contributed by atoms with van der Waals surface area (Å²) in [4.78, 5) is 10.6. The molecule has 0 fully saturated rings. The molecule has 2 unspecified atom stereocenters. The number of benzene rings is 1. The first-order valence-electron chi connectivity index (χ1n) is 5.87. The molecule has 0 N–H and O–H groups in total. The van der Waals surface area contributed by atoms with E-state index in [1.54, 1.807) is 0 Å². The Labute approximate surface area is 97.6 Å². The lowest BCUT2D eigenvalue weighted by Crippen LogP contribution is -2.21. The van der Waals surface area contributed by atoms with Crippen LogP contribution in [0.15, 0.2) is 30.3 Å². The van der Waals surface area contributed by atoms with E-state index in [4.69, 9.17) is 4.74 Å². The first kappa shape index (κ1) is 12.9. The number of carbonyl (C=O) groups is 1. The van der Waals surface area contributed by atoms with Crippen LogP contribution in [0, 0.1) is 5.92 Å². The molecule has 0 aromatic heterocycles. The van der Waals surface area contributed by atoms with Crippen molar-refractivity contribution in [2.24, 2.45) is 5.92 Å². The van der Waals surface area contributed by atoms with Crippen LogP contribution in [0.1, 0.15) is 32.3 Å². The summed E-state index contributed by atoms with van der Waals surface area (Å²) in [5, 5.41) is 0. The number of hydrogen-bond donors (Lipinski definition) is 0. The van der Waals surface area contributed by atoms with Gasteiger partial charge in [-0.3, -0.25) is 0 Å². The molecule has 16 heavy (non-hydrogen) atoms. The molecule has 1 rings (SSSR count). The normalized spacial score (nSPS) is 14.4. The average molecular weight is 220 g/mol. The number of ether oxygens (including phenoxy) is 1. The summed E-state index contributed by atoms with van der Waals surface area (Å²) in [6.07, 6.45) is 2.51. The van der Waals surface area contributed by atoms with E-state index in [1.165, 1.54) is 0 Å². The van der Waals surface area contributed by atoms with Gasteiger partial charge in [0.25, 0.3) is 0 Å². The van der Waals surface area contributed by atoms with Crippen LogP contribution < -0.4 is 0 Å². The average Bonchev–Trinajstić information content (AvgIpc) is 2.34. The molecule has 0 aliphatic heterocycles. The lowest BCUT2D eigenvalue weighted by molar-refractivity contribution is -0.111. The zero-order valence-electron chi connectivity index (χ0n) is 10.1. The molecule has 1 aromatic carbocycles. The standard InChI is InChI=1S/C14H20O2/c1-3-12(2)14(9-10-15)16-11-13-7-5-4-6-8-13/h4-8,10,12,14H,3,9,11H2,1-2H3. The van der Waals surface area contributed by atoms with Gasteiger partial charge in [0.15, 0.2) is 0 Å². The van der Waals surface area contributed by atoms with Crippen molar-refractivity contribution >= 4 is 6.29 Å². The number of aldehydes is 1. The summed E-state index contributed by atoms with van der Waals surface area (Å²) in [5.41, 5.74) is 1.15. The zero-order valence-corrected chi connectivity index (χ0v) is 10.1. The van der Waals surface area contributed by atoms with Gasteiger partial charge in [-0.2, -0.15) is 0 Å². The van der Waals surface area contributed by atoms with E-state index in [9.17, 15) is 4.79 Å². The summed E-state index contributed by atoms with van der Waals surface area (Å²) in [6, 6.07) is 10.1. The van der Waals surface area contributed by atoms with Crippen LogP contribution in [0.4, 0.5) is 0 Å². The van der Waals surface area contributed by atoms with Crippen molar-refractivity contribution in [3.63, 3.8) is 0 Å². The summed E-state index contributed by atoms with van der Waals surface area (Å²) in [7, 11) is 0. The van der Waals surface area contributed by atoms with E-state index in [0.717, 1.165) is 18.3 Å². The van der Waals surface area contributed by atoms with E-state index in [-0.39, 0.29) is 6.10 Å².